The van der Waals surface area contributed by atoms with Crippen LogP contribution in [-0.2, 0) is 9.73 Å². The first-order chi connectivity index (χ1) is 13.6. The second-order valence-corrected chi connectivity index (χ2v) is 11.5. The van der Waals surface area contributed by atoms with Gasteiger partial charge in [0.1, 0.15) is 0 Å². The molecule has 0 heterocycles. The van der Waals surface area contributed by atoms with Crippen LogP contribution in [0.2, 0.25) is 0 Å². The Balaban J connectivity index is 1.74. The predicted octanol–water partition coefficient (Wildman–Crippen LogP) is 6.21. The van der Waals surface area contributed by atoms with Crippen molar-refractivity contribution in [3.63, 3.8) is 0 Å². The van der Waals surface area contributed by atoms with Gasteiger partial charge in [-0.1, -0.05) is 88.8 Å². The summed E-state index contributed by atoms with van der Waals surface area (Å²) in [5, 5.41) is 11.7. The summed E-state index contributed by atoms with van der Waals surface area (Å²) in [6, 6.07) is 9.57. The van der Waals surface area contributed by atoms with E-state index in [9.17, 15) is 9.32 Å². The van der Waals surface area contributed by atoms with Crippen molar-refractivity contribution < 1.29 is 9.32 Å². The van der Waals surface area contributed by atoms with Crippen molar-refractivity contribution in [2.75, 3.05) is 12.8 Å². The summed E-state index contributed by atoms with van der Waals surface area (Å²) in [4.78, 5) is 0.763. The zero-order valence-electron chi connectivity index (χ0n) is 17.7. The minimum Gasteiger partial charge on any atom is -0.389 e. The van der Waals surface area contributed by atoms with E-state index in [4.69, 9.17) is 0 Å². The van der Waals surface area contributed by atoms with Gasteiger partial charge in [-0.15, -0.1) is 0 Å². The van der Waals surface area contributed by atoms with Crippen molar-refractivity contribution in [1.29, 1.82) is 0 Å². The molecule has 0 aromatic heterocycles. The van der Waals surface area contributed by atoms with Crippen LogP contribution in [0.15, 0.2) is 39.6 Å². The standard InChI is InChI=1S/C24H39NO2S/c1-25-28(27,22-16-12-10-13-17-22)20-24(26)18-14-9-7-5-3-2-4-6-8-11-15-21-19-23(21)24/h10,12-13,16-17,21,23,26H,2-9,11,14-15,18-20H2,1H3/t21-,23+,24+,28?/m1/s1. The molecular formula is C24H39NO2S. The molecule has 2 saturated carbocycles. The van der Waals surface area contributed by atoms with Gasteiger partial charge in [0.2, 0.25) is 0 Å². The summed E-state index contributed by atoms with van der Waals surface area (Å²) < 4.78 is 18.0. The molecule has 4 heteroatoms. The molecular weight excluding hydrogens is 366 g/mol. The van der Waals surface area contributed by atoms with E-state index in [0.29, 0.717) is 17.6 Å². The molecule has 0 spiro atoms. The molecule has 28 heavy (non-hydrogen) atoms. The van der Waals surface area contributed by atoms with E-state index in [1.165, 1.54) is 64.2 Å². The van der Waals surface area contributed by atoms with Gasteiger partial charge < -0.3 is 5.11 Å². The summed E-state index contributed by atoms with van der Waals surface area (Å²) in [6.07, 6.45) is 16.0. The van der Waals surface area contributed by atoms with Crippen LogP contribution in [0.3, 0.4) is 0 Å². The molecule has 0 amide bonds. The second kappa shape index (κ2) is 10.2. The third-order valence-electron chi connectivity index (χ3n) is 6.90. The fourth-order valence-corrected chi connectivity index (χ4v) is 7.19. The number of aliphatic hydroxyl groups is 1. The first kappa shape index (κ1) is 21.8. The number of hydrogen-bond donors (Lipinski definition) is 1. The molecule has 2 aliphatic rings. The normalized spacial score (nSPS) is 32.2. The molecule has 4 atom stereocenters. The zero-order chi connectivity index (χ0) is 19.9. The average Bonchev–Trinajstić information content (AvgIpc) is 3.49. The third kappa shape index (κ3) is 5.82. The van der Waals surface area contributed by atoms with Gasteiger partial charge in [0.15, 0.2) is 0 Å². The van der Waals surface area contributed by atoms with Gasteiger partial charge in [-0.2, -0.15) is 0 Å². The van der Waals surface area contributed by atoms with E-state index in [1.807, 2.05) is 30.3 Å². The highest BCUT2D eigenvalue weighted by atomic mass is 32.2. The van der Waals surface area contributed by atoms with Gasteiger partial charge in [-0.05, 0) is 36.8 Å². The lowest BCUT2D eigenvalue weighted by Gasteiger charge is -2.30. The van der Waals surface area contributed by atoms with E-state index in [0.717, 1.165) is 24.2 Å². The molecule has 2 aliphatic carbocycles. The van der Waals surface area contributed by atoms with Gasteiger partial charge in [0.05, 0.1) is 21.1 Å². The van der Waals surface area contributed by atoms with Crippen molar-refractivity contribution in [3.05, 3.63) is 30.3 Å². The summed E-state index contributed by atoms with van der Waals surface area (Å²) in [7, 11) is -0.931. The molecule has 0 aliphatic heterocycles. The lowest BCUT2D eigenvalue weighted by molar-refractivity contribution is 0.0235. The van der Waals surface area contributed by atoms with Crippen LogP contribution in [0, 0.1) is 11.8 Å². The molecule has 0 bridgehead atoms. The maximum absolute atomic E-state index is 13.7. The molecule has 1 unspecified atom stereocenters. The minimum atomic E-state index is -2.58. The summed E-state index contributed by atoms with van der Waals surface area (Å²) >= 11 is 0. The fourth-order valence-electron chi connectivity index (χ4n) is 5.07. The molecule has 1 N–H and O–H groups in total. The van der Waals surface area contributed by atoms with Crippen LogP contribution < -0.4 is 0 Å². The van der Waals surface area contributed by atoms with E-state index in [-0.39, 0.29) is 0 Å². The first-order valence-electron chi connectivity index (χ1n) is 11.5. The van der Waals surface area contributed by atoms with Gasteiger partial charge >= 0.3 is 0 Å². The largest absolute Gasteiger partial charge is 0.389 e. The highest BCUT2D eigenvalue weighted by Crippen LogP contribution is 2.52. The minimum absolute atomic E-state index is 0.293. The van der Waals surface area contributed by atoms with Gasteiger partial charge in [-0.25, -0.2) is 8.57 Å². The maximum Gasteiger partial charge on any atom is 0.0805 e. The van der Waals surface area contributed by atoms with E-state index >= 15 is 0 Å². The molecule has 1 aromatic rings. The fraction of sp³-hybridized carbons (Fsp3) is 0.750. The Hall–Kier alpha value is -0.870. The van der Waals surface area contributed by atoms with Crippen LogP contribution in [-0.4, -0.2) is 27.7 Å². The predicted molar refractivity (Wildman–Crippen MR) is 118 cm³/mol. The number of benzene rings is 1. The Bertz CT molecular complexity index is 711. The van der Waals surface area contributed by atoms with E-state index in [2.05, 4.69) is 4.36 Å². The van der Waals surface area contributed by atoms with Crippen molar-refractivity contribution in [2.24, 2.45) is 16.2 Å². The Labute approximate surface area is 172 Å². The van der Waals surface area contributed by atoms with Gasteiger partial charge in [-0.3, -0.25) is 0 Å². The van der Waals surface area contributed by atoms with Gasteiger partial charge in [0.25, 0.3) is 0 Å². The van der Waals surface area contributed by atoms with E-state index < -0.39 is 15.3 Å². The van der Waals surface area contributed by atoms with E-state index in [1.54, 1.807) is 7.05 Å². The molecule has 0 saturated heterocycles. The highest BCUT2D eigenvalue weighted by molar-refractivity contribution is 7.93. The SMILES string of the molecule is CN=S(=O)(C[C@@]1(O)CCCCCCCCCCCC[C@@H]2C[C@@H]21)c1ccccc1. The van der Waals surface area contributed by atoms with Crippen molar-refractivity contribution in [2.45, 2.75) is 94.0 Å². The number of fused-ring (bicyclic) bond motifs is 1. The van der Waals surface area contributed by atoms with Crippen LogP contribution in [0.1, 0.15) is 83.5 Å². The number of hydrogen-bond acceptors (Lipinski definition) is 3. The topological polar surface area (TPSA) is 49.7 Å². The van der Waals surface area contributed by atoms with Crippen LogP contribution >= 0.6 is 0 Å². The summed E-state index contributed by atoms with van der Waals surface area (Å²) in [5.41, 5.74) is -0.836. The lowest BCUT2D eigenvalue weighted by Crippen LogP contribution is -2.40. The molecule has 158 valence electrons. The smallest absolute Gasteiger partial charge is 0.0805 e. The van der Waals surface area contributed by atoms with Crippen molar-refractivity contribution in [1.82, 2.24) is 0 Å². The third-order valence-corrected chi connectivity index (χ3v) is 9.39. The Morgan fingerprint density at radius 2 is 1.54 bits per heavy atom. The van der Waals surface area contributed by atoms with Crippen LogP contribution in [0.5, 0.6) is 0 Å². The molecule has 2 fully saturated rings. The molecule has 3 nitrogen and oxygen atoms in total. The Morgan fingerprint density at radius 3 is 2.14 bits per heavy atom. The zero-order valence-corrected chi connectivity index (χ0v) is 18.5. The number of nitrogens with zero attached hydrogens (tertiary/aromatic N) is 1. The van der Waals surface area contributed by atoms with Crippen LogP contribution in [0.25, 0.3) is 0 Å². The highest BCUT2D eigenvalue weighted by Gasteiger charge is 2.52. The van der Waals surface area contributed by atoms with Crippen molar-refractivity contribution in [3.8, 4) is 0 Å². The van der Waals surface area contributed by atoms with Crippen molar-refractivity contribution >= 4 is 9.73 Å². The second-order valence-electron chi connectivity index (χ2n) is 9.06. The lowest BCUT2D eigenvalue weighted by atomic mass is 9.90. The maximum atomic E-state index is 13.7. The first-order valence-corrected chi connectivity index (χ1v) is 13.2. The molecule has 0 radical (unpaired) electrons. The summed E-state index contributed by atoms with van der Waals surface area (Å²) in [6.45, 7) is 0. The average molecular weight is 406 g/mol. The Kier molecular flexibility index (Phi) is 7.99. The molecule has 1 aromatic carbocycles. The molecule has 3 rings (SSSR count). The van der Waals surface area contributed by atoms with Crippen LogP contribution in [0.4, 0.5) is 0 Å². The Morgan fingerprint density at radius 1 is 0.964 bits per heavy atom. The quantitative estimate of drug-likeness (QED) is 0.650. The number of rotatable bonds is 3. The monoisotopic (exact) mass is 405 g/mol. The van der Waals surface area contributed by atoms with Gasteiger partial charge in [0, 0.05) is 11.9 Å². The summed E-state index contributed by atoms with van der Waals surface area (Å²) in [5.74, 6) is 1.22.